The zero-order chi connectivity index (χ0) is 13.7. The van der Waals surface area contributed by atoms with E-state index in [1.165, 1.54) is 6.07 Å². The normalized spacial score (nSPS) is 12.8. The number of aromatic nitrogens is 1. The van der Waals surface area contributed by atoms with E-state index in [2.05, 4.69) is 24.1 Å². The molecule has 0 saturated heterocycles. The second-order valence-corrected chi connectivity index (χ2v) is 5.03. The van der Waals surface area contributed by atoms with Gasteiger partial charge in [-0.25, -0.2) is 4.98 Å². The molecule has 1 aromatic rings. The van der Waals surface area contributed by atoms with E-state index in [9.17, 15) is 5.11 Å². The van der Waals surface area contributed by atoms with E-state index in [-0.39, 0.29) is 11.7 Å². The number of hydrogen-bond acceptors (Lipinski definition) is 4. The van der Waals surface area contributed by atoms with Gasteiger partial charge in [0.1, 0.15) is 11.6 Å². The molecule has 0 aliphatic carbocycles. The van der Waals surface area contributed by atoms with Crippen LogP contribution in [0, 0.1) is 5.92 Å². The summed E-state index contributed by atoms with van der Waals surface area (Å²) in [6, 6.07) is 1.54. The van der Waals surface area contributed by atoms with Gasteiger partial charge in [0.15, 0.2) is 0 Å². The van der Waals surface area contributed by atoms with E-state index in [0.29, 0.717) is 22.4 Å². The smallest absolute Gasteiger partial charge is 0.147 e. The lowest BCUT2D eigenvalue weighted by Gasteiger charge is -2.21. The monoisotopic (exact) mass is 291 g/mol. The Labute approximate surface area is 117 Å². The molecule has 1 atom stereocenters. The van der Waals surface area contributed by atoms with Crippen molar-refractivity contribution in [1.29, 1.82) is 0 Å². The van der Waals surface area contributed by atoms with Gasteiger partial charge >= 0.3 is 0 Å². The lowest BCUT2D eigenvalue weighted by molar-refractivity contribution is 0.114. The topological polar surface area (TPSA) is 71.2 Å². The van der Waals surface area contributed by atoms with Crippen LogP contribution in [0.4, 0.5) is 11.6 Å². The van der Waals surface area contributed by atoms with Crippen molar-refractivity contribution in [2.45, 2.75) is 32.8 Å². The Morgan fingerprint density at radius 1 is 1.33 bits per heavy atom. The molecule has 0 saturated carbocycles. The highest BCUT2D eigenvalue weighted by Crippen LogP contribution is 2.27. The minimum Gasteiger partial charge on any atom is -0.391 e. The Bertz CT molecular complexity index is 397. The molecular formula is C12H19Cl2N3O. The Morgan fingerprint density at radius 3 is 2.50 bits per heavy atom. The molecule has 4 nitrogen and oxygen atoms in total. The summed E-state index contributed by atoms with van der Waals surface area (Å²) in [5.41, 5.74) is 5.60. The fourth-order valence-electron chi connectivity index (χ4n) is 1.81. The number of aliphatic hydroxyl groups is 1. The lowest BCUT2D eigenvalue weighted by Crippen LogP contribution is -2.28. The highest BCUT2D eigenvalue weighted by Gasteiger charge is 2.16. The van der Waals surface area contributed by atoms with Gasteiger partial charge in [-0.2, -0.15) is 0 Å². The maximum atomic E-state index is 9.99. The molecule has 102 valence electrons. The predicted molar refractivity (Wildman–Crippen MR) is 77.2 cm³/mol. The van der Waals surface area contributed by atoms with E-state index in [1.54, 1.807) is 0 Å². The van der Waals surface area contributed by atoms with E-state index >= 15 is 0 Å². The summed E-state index contributed by atoms with van der Waals surface area (Å²) in [6.07, 6.45) is 1.43. The average Bonchev–Trinajstić information content (AvgIpc) is 2.33. The third-order valence-corrected chi connectivity index (χ3v) is 3.62. The zero-order valence-corrected chi connectivity index (χ0v) is 12.1. The first kappa shape index (κ1) is 15.3. The summed E-state index contributed by atoms with van der Waals surface area (Å²) in [5.74, 6) is 0.935. The Hall–Kier alpha value is -0.710. The zero-order valence-electron chi connectivity index (χ0n) is 10.6. The Kier molecular flexibility index (Phi) is 5.99. The van der Waals surface area contributed by atoms with Gasteiger partial charge < -0.3 is 16.2 Å². The van der Waals surface area contributed by atoms with Crippen LogP contribution in [0.5, 0.6) is 0 Å². The Balaban J connectivity index is 2.66. The number of aliphatic hydroxyl groups excluding tert-OH is 1. The van der Waals surface area contributed by atoms with Crippen molar-refractivity contribution in [3.05, 3.63) is 16.1 Å². The van der Waals surface area contributed by atoms with E-state index in [4.69, 9.17) is 28.9 Å². The van der Waals surface area contributed by atoms with Crippen LogP contribution in [-0.4, -0.2) is 22.7 Å². The molecule has 1 rings (SSSR count). The minimum absolute atomic E-state index is 0.223. The molecule has 0 aromatic carbocycles. The Morgan fingerprint density at radius 2 is 1.94 bits per heavy atom. The molecule has 4 N–H and O–H groups in total. The van der Waals surface area contributed by atoms with Crippen LogP contribution in [0.2, 0.25) is 10.0 Å². The standard InChI is InChI=1S/C12H19Cl2N3O/c1-3-7(4-2)10(18)6-16-12-9(14)5-8(13)11(15)17-12/h5,7,10,18H,3-4,6H2,1-2H3,(H3,15,16,17). The predicted octanol–water partition coefficient (Wildman–Crippen LogP) is 3.18. The molecular weight excluding hydrogens is 273 g/mol. The summed E-state index contributed by atoms with van der Waals surface area (Å²) in [4.78, 5) is 4.05. The molecule has 6 heteroatoms. The van der Waals surface area contributed by atoms with Crippen LogP contribution in [-0.2, 0) is 0 Å². The summed E-state index contributed by atoms with van der Waals surface area (Å²) < 4.78 is 0. The molecule has 0 aliphatic rings. The maximum Gasteiger partial charge on any atom is 0.147 e. The molecule has 18 heavy (non-hydrogen) atoms. The van der Waals surface area contributed by atoms with Gasteiger partial charge in [0, 0.05) is 6.54 Å². The van der Waals surface area contributed by atoms with E-state index in [1.807, 2.05) is 0 Å². The molecule has 1 aromatic heterocycles. The summed E-state index contributed by atoms with van der Waals surface area (Å²) >= 11 is 11.8. The average molecular weight is 292 g/mol. The van der Waals surface area contributed by atoms with Crippen molar-refractivity contribution >= 4 is 34.8 Å². The molecule has 0 radical (unpaired) electrons. The fraction of sp³-hybridized carbons (Fsp3) is 0.583. The summed E-state index contributed by atoms with van der Waals surface area (Å²) in [7, 11) is 0. The van der Waals surface area contributed by atoms with Crippen LogP contribution in [0.3, 0.4) is 0 Å². The number of nitrogens with one attached hydrogen (secondary N) is 1. The van der Waals surface area contributed by atoms with Crippen molar-refractivity contribution in [2.24, 2.45) is 5.92 Å². The van der Waals surface area contributed by atoms with Crippen LogP contribution in [0.15, 0.2) is 6.07 Å². The SMILES string of the molecule is CCC(CC)C(O)CNc1nc(N)c(Cl)cc1Cl. The van der Waals surface area contributed by atoms with Crippen molar-refractivity contribution in [1.82, 2.24) is 4.98 Å². The lowest BCUT2D eigenvalue weighted by atomic mass is 9.97. The highest BCUT2D eigenvalue weighted by molar-refractivity contribution is 6.37. The quantitative estimate of drug-likeness (QED) is 0.753. The minimum atomic E-state index is -0.435. The number of anilines is 2. The van der Waals surface area contributed by atoms with Gasteiger partial charge in [-0.05, 0) is 12.0 Å². The maximum absolute atomic E-state index is 9.99. The molecule has 0 fully saturated rings. The molecule has 0 amide bonds. The first-order valence-electron chi connectivity index (χ1n) is 6.03. The van der Waals surface area contributed by atoms with Crippen molar-refractivity contribution in [3.63, 3.8) is 0 Å². The largest absolute Gasteiger partial charge is 0.391 e. The van der Waals surface area contributed by atoms with Gasteiger partial charge in [0.05, 0.1) is 16.1 Å². The van der Waals surface area contributed by atoms with Crippen molar-refractivity contribution in [3.8, 4) is 0 Å². The number of hydrogen-bond donors (Lipinski definition) is 3. The van der Waals surface area contributed by atoms with E-state index < -0.39 is 6.10 Å². The second kappa shape index (κ2) is 7.02. The van der Waals surface area contributed by atoms with Crippen LogP contribution in [0.1, 0.15) is 26.7 Å². The fourth-order valence-corrected chi connectivity index (χ4v) is 2.23. The second-order valence-electron chi connectivity index (χ2n) is 4.21. The molecule has 0 bridgehead atoms. The number of nitrogens with zero attached hydrogens (tertiary/aromatic N) is 1. The van der Waals surface area contributed by atoms with Gasteiger partial charge in [0.2, 0.25) is 0 Å². The molecule has 1 unspecified atom stereocenters. The number of rotatable bonds is 6. The first-order valence-corrected chi connectivity index (χ1v) is 6.78. The molecule has 0 aliphatic heterocycles. The van der Waals surface area contributed by atoms with Crippen LogP contribution in [0.25, 0.3) is 0 Å². The third-order valence-electron chi connectivity index (χ3n) is 3.03. The highest BCUT2D eigenvalue weighted by atomic mass is 35.5. The van der Waals surface area contributed by atoms with Gasteiger partial charge in [-0.3, -0.25) is 0 Å². The van der Waals surface area contributed by atoms with E-state index in [0.717, 1.165) is 12.8 Å². The van der Waals surface area contributed by atoms with Crippen LogP contribution >= 0.6 is 23.2 Å². The summed E-state index contributed by atoms with van der Waals surface area (Å²) in [6.45, 7) is 4.51. The number of halogens is 2. The number of nitrogen functional groups attached to an aromatic ring is 1. The first-order chi connectivity index (χ1) is 8.49. The van der Waals surface area contributed by atoms with Gasteiger partial charge in [-0.15, -0.1) is 0 Å². The number of pyridine rings is 1. The van der Waals surface area contributed by atoms with Gasteiger partial charge in [0.25, 0.3) is 0 Å². The molecule has 0 spiro atoms. The summed E-state index contributed by atoms with van der Waals surface area (Å²) in [5, 5.41) is 13.7. The molecule has 1 heterocycles. The number of nitrogens with two attached hydrogens (primary N) is 1. The van der Waals surface area contributed by atoms with Gasteiger partial charge in [-0.1, -0.05) is 49.9 Å². The van der Waals surface area contributed by atoms with Crippen LogP contribution < -0.4 is 11.1 Å². The van der Waals surface area contributed by atoms with Crippen molar-refractivity contribution < 1.29 is 5.11 Å². The third kappa shape index (κ3) is 3.90. The van der Waals surface area contributed by atoms with Crippen molar-refractivity contribution in [2.75, 3.05) is 17.6 Å².